The summed E-state index contributed by atoms with van der Waals surface area (Å²) in [5.41, 5.74) is 3.47. The molecular formula is C27H33ClN2O7S. The van der Waals surface area contributed by atoms with Gasteiger partial charge in [-0.05, 0) is 73.3 Å². The number of anilines is 1. The maximum Gasteiger partial charge on any atom is 0.339 e. The van der Waals surface area contributed by atoms with E-state index in [-0.39, 0.29) is 42.1 Å². The van der Waals surface area contributed by atoms with Crippen molar-refractivity contribution in [1.29, 1.82) is 0 Å². The minimum Gasteiger partial charge on any atom is -0.506 e. The number of carbonyl (C=O) groups is 1. The number of halogens is 1. The fourth-order valence-electron chi connectivity index (χ4n) is 3.73. The Morgan fingerprint density at radius 3 is 2.26 bits per heavy atom. The molecule has 0 spiro atoms. The van der Waals surface area contributed by atoms with Gasteiger partial charge in [0.1, 0.15) is 17.1 Å². The minimum absolute atomic E-state index is 0. The Hall–Kier alpha value is -3.31. The summed E-state index contributed by atoms with van der Waals surface area (Å²) >= 11 is 0. The largest absolute Gasteiger partial charge is 0.506 e. The molecule has 0 heterocycles. The number of aromatic hydroxyl groups is 1. The lowest BCUT2D eigenvalue weighted by molar-refractivity contribution is 0.0690. The molecule has 3 aromatic carbocycles. The lowest BCUT2D eigenvalue weighted by Crippen LogP contribution is -2.23. The Morgan fingerprint density at radius 1 is 1.00 bits per heavy atom. The summed E-state index contributed by atoms with van der Waals surface area (Å²) in [5, 5.41) is 32.9. The monoisotopic (exact) mass is 564 g/mol. The van der Waals surface area contributed by atoms with Crippen LogP contribution in [0.5, 0.6) is 11.5 Å². The molecule has 9 nitrogen and oxygen atoms in total. The average Bonchev–Trinajstić information content (AvgIpc) is 2.82. The van der Waals surface area contributed by atoms with E-state index >= 15 is 0 Å². The molecule has 0 saturated heterocycles. The molecule has 3 aromatic rings. The van der Waals surface area contributed by atoms with Gasteiger partial charge >= 0.3 is 5.97 Å². The number of benzene rings is 3. The number of rotatable bonds is 12. The number of hydrogen-bond donors (Lipinski definition) is 5. The summed E-state index contributed by atoms with van der Waals surface area (Å²) < 4.78 is 30.8. The molecular weight excluding hydrogens is 532 g/mol. The lowest BCUT2D eigenvalue weighted by Gasteiger charge is -2.15. The van der Waals surface area contributed by atoms with Gasteiger partial charge in [0.05, 0.1) is 24.2 Å². The minimum atomic E-state index is -3.56. The van der Waals surface area contributed by atoms with E-state index in [9.17, 15) is 28.5 Å². The van der Waals surface area contributed by atoms with E-state index in [1.807, 2.05) is 38.1 Å². The van der Waals surface area contributed by atoms with Gasteiger partial charge in [-0.25, -0.2) is 13.2 Å². The molecule has 0 saturated carbocycles. The van der Waals surface area contributed by atoms with Gasteiger partial charge in [0.25, 0.3) is 0 Å². The van der Waals surface area contributed by atoms with Crippen LogP contribution in [0, 0.1) is 0 Å². The summed E-state index contributed by atoms with van der Waals surface area (Å²) in [4.78, 5) is 11.5. The molecule has 38 heavy (non-hydrogen) atoms. The smallest absolute Gasteiger partial charge is 0.339 e. The van der Waals surface area contributed by atoms with Crippen LogP contribution in [0.15, 0.2) is 60.7 Å². The molecule has 0 unspecified atom stereocenters. The first-order valence-electron chi connectivity index (χ1n) is 11.8. The number of carboxylic acid groups (broad SMARTS) is 1. The first-order valence-corrected chi connectivity index (χ1v) is 13.6. The highest BCUT2D eigenvalue weighted by Crippen LogP contribution is 2.29. The highest BCUT2D eigenvalue weighted by atomic mass is 35.5. The van der Waals surface area contributed by atoms with Gasteiger partial charge in [-0.15, -0.1) is 12.4 Å². The molecule has 0 aliphatic rings. The Morgan fingerprint density at radius 2 is 1.66 bits per heavy atom. The fraction of sp³-hybridized carbons (Fsp3) is 0.296. The maximum absolute atomic E-state index is 11.5. The van der Waals surface area contributed by atoms with Crippen LogP contribution in [0.2, 0.25) is 0 Å². The number of hydrogen-bond acceptors (Lipinski definition) is 7. The quantitative estimate of drug-likeness (QED) is 0.162. The van der Waals surface area contributed by atoms with Crippen molar-refractivity contribution in [3.63, 3.8) is 0 Å². The Kier molecular flexibility index (Phi) is 11.0. The van der Waals surface area contributed by atoms with Crippen LogP contribution in [-0.2, 0) is 16.4 Å². The number of phenolic OH excluding ortho intramolecular Hbond substituents is 1. The molecule has 0 aliphatic carbocycles. The van der Waals surface area contributed by atoms with Crippen molar-refractivity contribution in [1.82, 2.24) is 5.32 Å². The van der Waals surface area contributed by atoms with Crippen LogP contribution in [0.4, 0.5) is 5.69 Å². The standard InChI is InChI=1S/C27H32N2O7S.ClH/c1-17(2)36-26-15-20(8-10-22(26)27(32)33)19-6-4-18(5-7-19)12-13-28-16-25(31)21-9-11-24(30)23(14-21)29-37(3,34)35;/h4-11,14-15,17,25,28-31H,12-13,16H2,1-3H3,(H,32,33);1H/t25-;/m1./s1. The molecule has 11 heteroatoms. The second-order valence-corrected chi connectivity index (χ2v) is 10.7. The number of aliphatic hydroxyl groups is 1. The van der Waals surface area contributed by atoms with E-state index in [1.165, 1.54) is 18.2 Å². The molecule has 0 aromatic heterocycles. The summed E-state index contributed by atoms with van der Waals surface area (Å²) in [5.74, 6) is -0.925. The molecule has 0 bridgehead atoms. The summed E-state index contributed by atoms with van der Waals surface area (Å²) in [6.45, 7) is 4.54. The van der Waals surface area contributed by atoms with Crippen LogP contribution in [0.3, 0.4) is 0 Å². The zero-order valence-electron chi connectivity index (χ0n) is 21.3. The van der Waals surface area contributed by atoms with E-state index in [4.69, 9.17) is 4.74 Å². The fourth-order valence-corrected chi connectivity index (χ4v) is 4.29. The maximum atomic E-state index is 11.5. The number of ether oxygens (including phenoxy) is 1. The van der Waals surface area contributed by atoms with Crippen molar-refractivity contribution < 1.29 is 33.3 Å². The van der Waals surface area contributed by atoms with E-state index in [0.717, 1.165) is 22.9 Å². The number of sulfonamides is 1. The Labute approximate surface area is 229 Å². The molecule has 0 amide bonds. The third-order valence-corrected chi connectivity index (χ3v) is 6.08. The number of aromatic carboxylic acids is 1. The summed E-state index contributed by atoms with van der Waals surface area (Å²) in [6, 6.07) is 17.2. The van der Waals surface area contributed by atoms with Crippen molar-refractivity contribution in [3.8, 4) is 22.6 Å². The van der Waals surface area contributed by atoms with Crippen molar-refractivity contribution in [3.05, 3.63) is 77.4 Å². The highest BCUT2D eigenvalue weighted by Gasteiger charge is 2.15. The van der Waals surface area contributed by atoms with Crippen LogP contribution in [0.1, 0.15) is 41.4 Å². The molecule has 3 rings (SSSR count). The van der Waals surface area contributed by atoms with Crippen molar-refractivity contribution in [2.45, 2.75) is 32.5 Å². The van der Waals surface area contributed by atoms with Crippen LogP contribution < -0.4 is 14.8 Å². The SMILES string of the molecule is CC(C)Oc1cc(-c2ccc(CCNC[C@@H](O)c3ccc(O)c(NS(C)(=O)=O)c3)cc2)ccc1C(=O)O.Cl. The van der Waals surface area contributed by atoms with Gasteiger partial charge in [0.15, 0.2) is 0 Å². The average molecular weight is 565 g/mol. The topological polar surface area (TPSA) is 145 Å². The predicted octanol–water partition coefficient (Wildman–Crippen LogP) is 4.20. The van der Waals surface area contributed by atoms with Gasteiger partial charge in [0.2, 0.25) is 10.0 Å². The molecule has 5 N–H and O–H groups in total. The van der Waals surface area contributed by atoms with Gasteiger partial charge in [0, 0.05) is 6.54 Å². The highest BCUT2D eigenvalue weighted by molar-refractivity contribution is 7.92. The van der Waals surface area contributed by atoms with Gasteiger partial charge in [-0.2, -0.15) is 0 Å². The normalized spacial score (nSPS) is 12.0. The van der Waals surface area contributed by atoms with Gasteiger partial charge in [-0.3, -0.25) is 4.72 Å². The van der Waals surface area contributed by atoms with Crippen LogP contribution in [-0.4, -0.2) is 55.2 Å². The zero-order chi connectivity index (χ0) is 27.2. The van der Waals surface area contributed by atoms with Crippen molar-refractivity contribution >= 4 is 34.1 Å². The Balaban J connectivity index is 0.00000507. The number of carboxylic acids is 1. The molecule has 0 aliphatic heterocycles. The van der Waals surface area contributed by atoms with E-state index in [2.05, 4.69) is 10.0 Å². The van der Waals surface area contributed by atoms with Crippen molar-refractivity contribution in [2.75, 3.05) is 24.1 Å². The second-order valence-electron chi connectivity index (χ2n) is 9.00. The van der Waals surface area contributed by atoms with E-state index in [1.54, 1.807) is 18.2 Å². The van der Waals surface area contributed by atoms with Gasteiger partial charge < -0.3 is 25.4 Å². The van der Waals surface area contributed by atoms with Crippen molar-refractivity contribution in [2.24, 2.45) is 0 Å². The lowest BCUT2D eigenvalue weighted by atomic mass is 10.0. The third kappa shape index (κ3) is 8.91. The van der Waals surface area contributed by atoms with Crippen LogP contribution >= 0.6 is 12.4 Å². The molecule has 206 valence electrons. The number of phenols is 1. The van der Waals surface area contributed by atoms with E-state index in [0.29, 0.717) is 24.3 Å². The van der Waals surface area contributed by atoms with E-state index < -0.39 is 22.1 Å². The second kappa shape index (κ2) is 13.5. The Bertz CT molecular complexity index is 1350. The molecule has 0 radical (unpaired) electrons. The molecule has 0 fully saturated rings. The first kappa shape index (κ1) is 30.9. The number of nitrogens with one attached hydrogen (secondary N) is 2. The van der Waals surface area contributed by atoms with Gasteiger partial charge in [-0.1, -0.05) is 36.4 Å². The summed E-state index contributed by atoms with van der Waals surface area (Å²) in [7, 11) is -3.56. The third-order valence-electron chi connectivity index (χ3n) is 5.49. The molecule has 1 atom stereocenters. The summed E-state index contributed by atoms with van der Waals surface area (Å²) in [6.07, 6.45) is 0.654. The van der Waals surface area contributed by atoms with Crippen LogP contribution in [0.25, 0.3) is 11.1 Å². The predicted molar refractivity (Wildman–Crippen MR) is 150 cm³/mol. The number of aliphatic hydroxyl groups excluding tert-OH is 1. The zero-order valence-corrected chi connectivity index (χ0v) is 23.0. The first-order chi connectivity index (χ1) is 17.4.